The van der Waals surface area contributed by atoms with Gasteiger partial charge in [-0.05, 0) is 42.4 Å². The molecule has 0 spiro atoms. The first-order valence-electron chi connectivity index (χ1n) is 10.2. The van der Waals surface area contributed by atoms with Crippen LogP contribution in [0.25, 0.3) is 0 Å². The van der Waals surface area contributed by atoms with Gasteiger partial charge in [0, 0.05) is 45.9 Å². The molecule has 1 heterocycles. The number of halogens is 1. The number of nitrogens with zero attached hydrogens (tertiary/aromatic N) is 2. The van der Waals surface area contributed by atoms with Crippen LogP contribution in [0.5, 0.6) is 0 Å². The summed E-state index contributed by atoms with van der Waals surface area (Å²) in [6.45, 7) is 9.56. The van der Waals surface area contributed by atoms with E-state index in [0.29, 0.717) is 13.1 Å². The highest BCUT2D eigenvalue weighted by molar-refractivity contribution is 14.0. The fourth-order valence-electron chi connectivity index (χ4n) is 3.38. The van der Waals surface area contributed by atoms with E-state index in [-0.39, 0.29) is 41.4 Å². The molecule has 0 aromatic heterocycles. The van der Waals surface area contributed by atoms with Crippen LogP contribution in [0.4, 0.5) is 0 Å². The molecule has 1 aromatic rings. The molecule has 1 amide bonds. The molecule has 1 fully saturated rings. The number of amides is 1. The Morgan fingerprint density at radius 2 is 1.76 bits per heavy atom. The summed E-state index contributed by atoms with van der Waals surface area (Å²) in [4.78, 5) is 18.8. The third kappa shape index (κ3) is 8.12. The highest BCUT2D eigenvalue weighted by Gasteiger charge is 2.24. The number of benzene rings is 1. The predicted molar refractivity (Wildman–Crippen MR) is 130 cm³/mol. The number of carbonyl (C=O) groups is 1. The number of rotatable bonds is 6. The van der Waals surface area contributed by atoms with Crippen LogP contribution in [0, 0.1) is 5.41 Å². The SMILES string of the molecule is CN=C(NCc1ccc(C(=O)N2CCCCC2)cc1)NCC(OC)C(C)(C)C.I. The Balaban J connectivity index is 0.00000420. The zero-order valence-corrected chi connectivity index (χ0v) is 20.8. The number of carbonyl (C=O) groups excluding carboxylic acids is 1. The van der Waals surface area contributed by atoms with Crippen molar-refractivity contribution in [3.8, 4) is 0 Å². The molecule has 1 atom stereocenters. The molecule has 2 N–H and O–H groups in total. The summed E-state index contributed by atoms with van der Waals surface area (Å²) in [5.41, 5.74) is 1.93. The third-order valence-corrected chi connectivity index (χ3v) is 5.23. The van der Waals surface area contributed by atoms with Gasteiger partial charge in [0.05, 0.1) is 6.10 Å². The quantitative estimate of drug-likeness (QED) is 0.344. The number of methoxy groups -OCH3 is 1. The van der Waals surface area contributed by atoms with Gasteiger partial charge in [-0.2, -0.15) is 0 Å². The van der Waals surface area contributed by atoms with Gasteiger partial charge in [0.1, 0.15) is 0 Å². The van der Waals surface area contributed by atoms with Gasteiger partial charge in [-0.3, -0.25) is 9.79 Å². The van der Waals surface area contributed by atoms with Gasteiger partial charge in [-0.15, -0.1) is 24.0 Å². The second kappa shape index (κ2) is 12.4. The molecule has 1 aromatic carbocycles. The molecule has 1 aliphatic heterocycles. The average Bonchev–Trinajstić information content (AvgIpc) is 2.70. The molecule has 0 bridgehead atoms. The number of likely N-dealkylation sites (tertiary alicyclic amines) is 1. The first-order chi connectivity index (χ1) is 13.3. The first kappa shape index (κ1) is 25.7. The van der Waals surface area contributed by atoms with Gasteiger partial charge in [-0.25, -0.2) is 0 Å². The van der Waals surface area contributed by atoms with E-state index in [2.05, 4.69) is 36.4 Å². The van der Waals surface area contributed by atoms with Gasteiger partial charge in [0.25, 0.3) is 5.91 Å². The van der Waals surface area contributed by atoms with Crippen molar-refractivity contribution in [3.63, 3.8) is 0 Å². The molecule has 7 heteroatoms. The molecule has 1 aliphatic rings. The van der Waals surface area contributed by atoms with Crippen LogP contribution in [-0.4, -0.2) is 56.7 Å². The summed E-state index contributed by atoms with van der Waals surface area (Å²) in [7, 11) is 3.50. The molecule has 6 nitrogen and oxygen atoms in total. The average molecular weight is 516 g/mol. The second-order valence-corrected chi connectivity index (χ2v) is 8.45. The number of hydrogen-bond acceptors (Lipinski definition) is 3. The molecule has 0 saturated carbocycles. The Morgan fingerprint density at radius 3 is 2.28 bits per heavy atom. The van der Waals surface area contributed by atoms with Crippen LogP contribution < -0.4 is 10.6 Å². The topological polar surface area (TPSA) is 66.0 Å². The fourth-order valence-corrected chi connectivity index (χ4v) is 3.38. The van der Waals surface area contributed by atoms with Crippen molar-refractivity contribution < 1.29 is 9.53 Å². The summed E-state index contributed by atoms with van der Waals surface area (Å²) in [5, 5.41) is 6.64. The Morgan fingerprint density at radius 1 is 1.14 bits per heavy atom. The zero-order valence-electron chi connectivity index (χ0n) is 18.5. The van der Waals surface area contributed by atoms with Crippen LogP contribution >= 0.6 is 24.0 Å². The first-order valence-corrected chi connectivity index (χ1v) is 10.2. The normalized spacial score (nSPS) is 16.0. The molecule has 2 rings (SSSR count). The molecule has 0 aliphatic carbocycles. The maximum Gasteiger partial charge on any atom is 0.253 e. The lowest BCUT2D eigenvalue weighted by atomic mass is 9.89. The van der Waals surface area contributed by atoms with E-state index in [1.165, 1.54) is 6.42 Å². The van der Waals surface area contributed by atoms with Gasteiger partial charge in [0.2, 0.25) is 0 Å². The summed E-state index contributed by atoms with van der Waals surface area (Å²) in [6, 6.07) is 7.85. The van der Waals surface area contributed by atoms with Crippen molar-refractivity contribution in [2.24, 2.45) is 10.4 Å². The van der Waals surface area contributed by atoms with Crippen molar-refractivity contribution in [2.45, 2.75) is 52.7 Å². The minimum Gasteiger partial charge on any atom is -0.379 e. The highest BCUT2D eigenvalue weighted by atomic mass is 127. The van der Waals surface area contributed by atoms with Crippen LogP contribution in [0.1, 0.15) is 56.0 Å². The third-order valence-electron chi connectivity index (χ3n) is 5.23. The predicted octanol–water partition coefficient (Wildman–Crippen LogP) is 3.66. The van der Waals surface area contributed by atoms with E-state index in [1.54, 1.807) is 14.2 Å². The van der Waals surface area contributed by atoms with Crippen LogP contribution in [0.15, 0.2) is 29.3 Å². The molecular formula is C22H37IN4O2. The van der Waals surface area contributed by atoms with E-state index in [9.17, 15) is 4.79 Å². The largest absolute Gasteiger partial charge is 0.379 e. The van der Waals surface area contributed by atoms with Crippen molar-refractivity contribution >= 4 is 35.8 Å². The van der Waals surface area contributed by atoms with Gasteiger partial charge in [-0.1, -0.05) is 32.9 Å². The Kier molecular flexibility index (Phi) is 11.0. The standard InChI is InChI=1S/C22H36N4O2.HI/c1-22(2,3)19(28-5)16-25-21(23-4)24-15-17-9-11-18(12-10-17)20(27)26-13-7-6-8-14-26;/h9-12,19H,6-8,13-16H2,1-5H3,(H2,23,24,25);1H. The molecule has 1 saturated heterocycles. The van der Waals surface area contributed by atoms with E-state index in [1.807, 2.05) is 29.2 Å². The molecular weight excluding hydrogens is 479 g/mol. The minimum absolute atomic E-state index is 0. The van der Waals surface area contributed by atoms with Crippen molar-refractivity contribution in [1.29, 1.82) is 0 Å². The highest BCUT2D eigenvalue weighted by Crippen LogP contribution is 2.21. The van der Waals surface area contributed by atoms with Crippen LogP contribution in [-0.2, 0) is 11.3 Å². The van der Waals surface area contributed by atoms with Gasteiger partial charge >= 0.3 is 0 Å². The molecule has 1 unspecified atom stereocenters. The Bertz CT molecular complexity index is 650. The minimum atomic E-state index is 0. The Hall–Kier alpha value is -1.35. The fraction of sp³-hybridized carbons (Fsp3) is 0.636. The van der Waals surface area contributed by atoms with Gasteiger partial charge in [0.15, 0.2) is 5.96 Å². The monoisotopic (exact) mass is 516 g/mol. The number of piperidine rings is 1. The lowest BCUT2D eigenvalue weighted by molar-refractivity contribution is 0.0205. The van der Waals surface area contributed by atoms with Crippen LogP contribution in [0.2, 0.25) is 0 Å². The summed E-state index contributed by atoms with van der Waals surface area (Å²) < 4.78 is 5.58. The van der Waals surface area contributed by atoms with E-state index < -0.39 is 0 Å². The lowest BCUT2D eigenvalue weighted by Crippen LogP contribution is -2.45. The summed E-state index contributed by atoms with van der Waals surface area (Å²) in [5.74, 6) is 0.879. The molecule has 29 heavy (non-hydrogen) atoms. The molecule has 0 radical (unpaired) electrons. The Labute approximate surface area is 192 Å². The maximum absolute atomic E-state index is 12.6. The van der Waals surface area contributed by atoms with E-state index in [0.717, 1.165) is 43.0 Å². The summed E-state index contributed by atoms with van der Waals surface area (Å²) in [6.07, 6.45) is 3.54. The summed E-state index contributed by atoms with van der Waals surface area (Å²) >= 11 is 0. The zero-order chi connectivity index (χ0) is 20.6. The number of hydrogen-bond donors (Lipinski definition) is 2. The van der Waals surface area contributed by atoms with Crippen LogP contribution in [0.3, 0.4) is 0 Å². The smallest absolute Gasteiger partial charge is 0.253 e. The lowest BCUT2D eigenvalue weighted by Gasteiger charge is -2.30. The number of nitrogens with one attached hydrogen (secondary N) is 2. The number of ether oxygens (including phenoxy) is 1. The van der Waals surface area contributed by atoms with E-state index >= 15 is 0 Å². The van der Waals surface area contributed by atoms with Crippen molar-refractivity contribution in [3.05, 3.63) is 35.4 Å². The van der Waals surface area contributed by atoms with Crippen molar-refractivity contribution in [1.82, 2.24) is 15.5 Å². The second-order valence-electron chi connectivity index (χ2n) is 8.45. The van der Waals surface area contributed by atoms with Gasteiger partial charge < -0.3 is 20.3 Å². The number of guanidine groups is 1. The maximum atomic E-state index is 12.6. The number of aliphatic imine (C=N–C) groups is 1. The van der Waals surface area contributed by atoms with Crippen molar-refractivity contribution in [2.75, 3.05) is 33.8 Å². The molecule has 164 valence electrons. The van der Waals surface area contributed by atoms with E-state index in [4.69, 9.17) is 4.74 Å².